The number of rotatable bonds is 9. The van der Waals surface area contributed by atoms with Crippen molar-refractivity contribution in [3.8, 4) is 5.75 Å². The van der Waals surface area contributed by atoms with Crippen LogP contribution < -0.4 is 15.4 Å². The lowest BCUT2D eigenvalue weighted by atomic mass is 10.0. The van der Waals surface area contributed by atoms with Gasteiger partial charge in [-0.2, -0.15) is 4.98 Å². The number of carbonyl (C=O) groups excluding carboxylic acids is 2. The number of nitrogens with one attached hydrogen (secondary N) is 2. The summed E-state index contributed by atoms with van der Waals surface area (Å²) in [5.41, 5.74) is 0.825. The van der Waals surface area contributed by atoms with Gasteiger partial charge >= 0.3 is 0 Å². The van der Waals surface area contributed by atoms with Crippen molar-refractivity contribution in [3.05, 3.63) is 41.5 Å². The van der Waals surface area contributed by atoms with Gasteiger partial charge in [-0.25, -0.2) is 0 Å². The molecule has 0 radical (unpaired) electrons. The van der Waals surface area contributed by atoms with Crippen LogP contribution >= 0.6 is 0 Å². The molecule has 156 valence electrons. The Morgan fingerprint density at radius 2 is 1.90 bits per heavy atom. The van der Waals surface area contributed by atoms with E-state index in [0.29, 0.717) is 23.4 Å². The van der Waals surface area contributed by atoms with Gasteiger partial charge in [-0.05, 0) is 36.5 Å². The second-order valence-corrected chi connectivity index (χ2v) is 7.78. The molecule has 3 rings (SSSR count). The van der Waals surface area contributed by atoms with Crippen LogP contribution in [-0.4, -0.2) is 29.1 Å². The smallest absolute Gasteiger partial charge is 0.249 e. The lowest BCUT2D eigenvalue weighted by Crippen LogP contribution is -2.36. The van der Waals surface area contributed by atoms with E-state index in [0.717, 1.165) is 18.4 Å². The summed E-state index contributed by atoms with van der Waals surface area (Å²) in [5, 5.41) is 9.88. The Hall–Kier alpha value is -2.90. The molecule has 2 N–H and O–H groups in total. The van der Waals surface area contributed by atoms with E-state index in [2.05, 4.69) is 20.8 Å². The van der Waals surface area contributed by atoms with E-state index in [4.69, 9.17) is 9.26 Å². The zero-order valence-electron chi connectivity index (χ0n) is 17.3. The summed E-state index contributed by atoms with van der Waals surface area (Å²) < 4.78 is 10.6. The highest BCUT2D eigenvalue weighted by molar-refractivity contribution is 5.79. The SMILES string of the molecule is COc1ccc(C(CC(=O)NC(c2nc(C3CC3)no2)C(C)C)NC(C)=O)cc1. The van der Waals surface area contributed by atoms with Gasteiger partial charge in [0.2, 0.25) is 17.7 Å². The molecule has 8 nitrogen and oxygen atoms in total. The lowest BCUT2D eigenvalue weighted by Gasteiger charge is -2.22. The summed E-state index contributed by atoms with van der Waals surface area (Å²) in [5.74, 6) is 1.91. The highest BCUT2D eigenvalue weighted by Gasteiger charge is 2.32. The number of benzene rings is 1. The minimum atomic E-state index is -0.448. The average molecular weight is 400 g/mol. The summed E-state index contributed by atoms with van der Waals surface area (Å²) >= 11 is 0. The summed E-state index contributed by atoms with van der Waals surface area (Å²) in [7, 11) is 1.59. The number of methoxy groups -OCH3 is 1. The highest BCUT2D eigenvalue weighted by Crippen LogP contribution is 2.38. The molecule has 0 aliphatic heterocycles. The van der Waals surface area contributed by atoms with Gasteiger partial charge in [0.15, 0.2) is 5.82 Å². The summed E-state index contributed by atoms with van der Waals surface area (Å²) in [6.45, 7) is 5.41. The molecule has 2 amide bonds. The largest absolute Gasteiger partial charge is 0.497 e. The van der Waals surface area contributed by atoms with Crippen molar-refractivity contribution in [2.24, 2.45) is 5.92 Å². The molecule has 2 atom stereocenters. The number of carbonyl (C=O) groups is 2. The summed E-state index contributed by atoms with van der Waals surface area (Å²) in [6.07, 6.45) is 2.26. The lowest BCUT2D eigenvalue weighted by molar-refractivity contribution is -0.123. The molecule has 0 bridgehead atoms. The maximum absolute atomic E-state index is 12.8. The van der Waals surface area contributed by atoms with Crippen LogP contribution in [0.2, 0.25) is 0 Å². The number of hydrogen-bond acceptors (Lipinski definition) is 6. The third-order valence-corrected chi connectivity index (χ3v) is 4.93. The molecule has 1 aromatic carbocycles. The molecule has 29 heavy (non-hydrogen) atoms. The predicted octanol–water partition coefficient (Wildman–Crippen LogP) is 3.04. The van der Waals surface area contributed by atoms with Crippen molar-refractivity contribution >= 4 is 11.8 Å². The fourth-order valence-corrected chi connectivity index (χ4v) is 3.15. The van der Waals surface area contributed by atoms with Crippen LogP contribution in [0.4, 0.5) is 0 Å². The summed E-state index contributed by atoms with van der Waals surface area (Å²) in [6, 6.07) is 6.46. The first kappa shape index (κ1) is 20.8. The zero-order chi connectivity index (χ0) is 21.0. The standard InChI is InChI=1S/C21H28N4O4/c1-12(2)19(21-24-20(25-29-21)15-5-6-15)23-18(27)11-17(22-13(3)26)14-7-9-16(28-4)10-8-14/h7-10,12,15,17,19H,5-6,11H2,1-4H3,(H,22,26)(H,23,27). The van der Waals surface area contributed by atoms with Gasteiger partial charge in [-0.1, -0.05) is 31.1 Å². The van der Waals surface area contributed by atoms with Crippen molar-refractivity contribution in [2.75, 3.05) is 7.11 Å². The number of hydrogen-bond donors (Lipinski definition) is 2. The zero-order valence-corrected chi connectivity index (χ0v) is 17.3. The topological polar surface area (TPSA) is 106 Å². The number of nitrogens with zero attached hydrogens (tertiary/aromatic N) is 2. The fourth-order valence-electron chi connectivity index (χ4n) is 3.15. The van der Waals surface area contributed by atoms with E-state index in [1.807, 2.05) is 26.0 Å². The first-order valence-electron chi connectivity index (χ1n) is 9.91. The van der Waals surface area contributed by atoms with E-state index in [9.17, 15) is 9.59 Å². The second kappa shape index (κ2) is 9.07. The molecule has 1 aliphatic rings. The maximum Gasteiger partial charge on any atom is 0.249 e. The Kier molecular flexibility index (Phi) is 6.51. The normalized spacial score (nSPS) is 15.6. The molecule has 2 aromatic rings. The molecule has 1 fully saturated rings. The molecule has 1 saturated carbocycles. The Morgan fingerprint density at radius 1 is 1.21 bits per heavy atom. The molecule has 1 heterocycles. The minimum absolute atomic E-state index is 0.0756. The van der Waals surface area contributed by atoms with E-state index in [-0.39, 0.29) is 30.2 Å². The molecular formula is C21H28N4O4. The number of ether oxygens (including phenoxy) is 1. The molecular weight excluding hydrogens is 372 g/mol. The minimum Gasteiger partial charge on any atom is -0.497 e. The Morgan fingerprint density at radius 3 is 2.45 bits per heavy atom. The number of aromatic nitrogens is 2. The van der Waals surface area contributed by atoms with E-state index in [1.165, 1.54) is 6.92 Å². The van der Waals surface area contributed by atoms with Crippen LogP contribution in [0.3, 0.4) is 0 Å². The van der Waals surface area contributed by atoms with Gasteiger partial charge in [0.05, 0.1) is 19.6 Å². The first-order chi connectivity index (χ1) is 13.9. The Balaban J connectivity index is 1.70. The fraction of sp³-hybridized carbons (Fsp3) is 0.524. The average Bonchev–Trinajstić information content (AvgIpc) is 3.42. The first-order valence-corrected chi connectivity index (χ1v) is 9.91. The van der Waals surface area contributed by atoms with Crippen LogP contribution in [0.1, 0.15) is 75.3 Å². The van der Waals surface area contributed by atoms with Gasteiger partial charge in [0.1, 0.15) is 11.8 Å². The third-order valence-electron chi connectivity index (χ3n) is 4.93. The van der Waals surface area contributed by atoms with Crippen LogP contribution in [0.15, 0.2) is 28.8 Å². The quantitative estimate of drug-likeness (QED) is 0.670. The molecule has 1 aromatic heterocycles. The summed E-state index contributed by atoms with van der Waals surface area (Å²) in [4.78, 5) is 28.9. The highest BCUT2D eigenvalue weighted by atomic mass is 16.5. The second-order valence-electron chi connectivity index (χ2n) is 7.78. The molecule has 8 heteroatoms. The van der Waals surface area contributed by atoms with Crippen LogP contribution in [0, 0.1) is 5.92 Å². The van der Waals surface area contributed by atoms with Crippen LogP contribution in [0.5, 0.6) is 5.75 Å². The predicted molar refractivity (Wildman–Crippen MR) is 106 cm³/mol. The van der Waals surface area contributed by atoms with Gasteiger partial charge in [0, 0.05) is 12.8 Å². The van der Waals surface area contributed by atoms with E-state index < -0.39 is 6.04 Å². The van der Waals surface area contributed by atoms with Crippen LogP contribution in [0.25, 0.3) is 0 Å². The van der Waals surface area contributed by atoms with Crippen molar-refractivity contribution in [1.82, 2.24) is 20.8 Å². The Bertz CT molecular complexity index is 843. The molecule has 0 saturated heterocycles. The van der Waals surface area contributed by atoms with E-state index in [1.54, 1.807) is 19.2 Å². The van der Waals surface area contributed by atoms with Gasteiger partial charge in [-0.15, -0.1) is 0 Å². The van der Waals surface area contributed by atoms with Crippen molar-refractivity contribution in [2.45, 2.75) is 58.0 Å². The van der Waals surface area contributed by atoms with Gasteiger partial charge in [-0.3, -0.25) is 9.59 Å². The maximum atomic E-state index is 12.8. The van der Waals surface area contributed by atoms with Crippen molar-refractivity contribution in [3.63, 3.8) is 0 Å². The van der Waals surface area contributed by atoms with Crippen molar-refractivity contribution < 1.29 is 18.8 Å². The molecule has 2 unspecified atom stereocenters. The molecule has 0 spiro atoms. The monoisotopic (exact) mass is 400 g/mol. The van der Waals surface area contributed by atoms with Crippen LogP contribution in [-0.2, 0) is 9.59 Å². The van der Waals surface area contributed by atoms with Gasteiger partial charge < -0.3 is 19.9 Å². The Labute approximate surface area is 170 Å². The third kappa shape index (κ3) is 5.56. The number of amides is 2. The molecule has 1 aliphatic carbocycles. The van der Waals surface area contributed by atoms with E-state index >= 15 is 0 Å². The van der Waals surface area contributed by atoms with Crippen molar-refractivity contribution in [1.29, 1.82) is 0 Å². The van der Waals surface area contributed by atoms with Gasteiger partial charge in [0.25, 0.3) is 0 Å².